The Bertz CT molecular complexity index is 589. The van der Waals surface area contributed by atoms with Crippen molar-refractivity contribution in [1.82, 2.24) is 5.32 Å². The lowest BCUT2D eigenvalue weighted by atomic mass is 10.1. The lowest BCUT2D eigenvalue weighted by Crippen LogP contribution is -2.29. The highest BCUT2D eigenvalue weighted by molar-refractivity contribution is 9.10. The molecule has 0 aliphatic heterocycles. The molecule has 0 aromatic heterocycles. The largest absolute Gasteiger partial charge is 0.445 e. The molecule has 2 aromatic rings. The van der Waals surface area contributed by atoms with Gasteiger partial charge < -0.3 is 15.2 Å². The Labute approximate surface area is 131 Å². The molecular weight excluding hydrogens is 334 g/mol. The molecule has 5 heteroatoms. The number of benzene rings is 2. The van der Waals surface area contributed by atoms with Gasteiger partial charge in [-0.1, -0.05) is 64.5 Å². The quantitative estimate of drug-likeness (QED) is 0.869. The van der Waals surface area contributed by atoms with E-state index < -0.39 is 12.2 Å². The molecule has 0 bridgehead atoms. The van der Waals surface area contributed by atoms with Crippen LogP contribution in [0.5, 0.6) is 0 Å². The molecule has 110 valence electrons. The zero-order valence-electron chi connectivity index (χ0n) is 11.3. The van der Waals surface area contributed by atoms with Crippen LogP contribution in [-0.4, -0.2) is 17.7 Å². The fourth-order valence-electron chi connectivity index (χ4n) is 1.81. The number of hydrogen-bond acceptors (Lipinski definition) is 3. The third-order valence-corrected chi connectivity index (χ3v) is 3.64. The molecule has 1 amide bonds. The van der Waals surface area contributed by atoms with E-state index in [-0.39, 0.29) is 13.2 Å². The van der Waals surface area contributed by atoms with Crippen molar-refractivity contribution in [2.24, 2.45) is 0 Å². The molecule has 0 heterocycles. The molecule has 4 nitrogen and oxygen atoms in total. The van der Waals surface area contributed by atoms with Gasteiger partial charge in [-0.05, 0) is 17.2 Å². The first-order chi connectivity index (χ1) is 10.2. The molecular formula is C16H16BrNO3. The fourth-order valence-corrected chi connectivity index (χ4v) is 2.36. The number of halogens is 1. The van der Waals surface area contributed by atoms with Crippen LogP contribution in [-0.2, 0) is 11.3 Å². The van der Waals surface area contributed by atoms with Crippen LogP contribution in [0.3, 0.4) is 0 Å². The van der Waals surface area contributed by atoms with E-state index in [9.17, 15) is 9.90 Å². The summed E-state index contributed by atoms with van der Waals surface area (Å²) in [6.45, 7) is 0.300. The van der Waals surface area contributed by atoms with E-state index >= 15 is 0 Å². The average Bonchev–Trinajstić information content (AvgIpc) is 2.52. The summed E-state index contributed by atoms with van der Waals surface area (Å²) < 4.78 is 5.87. The van der Waals surface area contributed by atoms with Crippen LogP contribution in [0.15, 0.2) is 59.1 Å². The van der Waals surface area contributed by atoms with Gasteiger partial charge in [-0.25, -0.2) is 4.79 Å². The van der Waals surface area contributed by atoms with Gasteiger partial charge in [0.05, 0.1) is 12.6 Å². The van der Waals surface area contributed by atoms with Crippen molar-refractivity contribution in [2.75, 3.05) is 6.54 Å². The number of ether oxygens (including phenoxy) is 1. The molecule has 0 saturated heterocycles. The zero-order chi connectivity index (χ0) is 15.1. The average molecular weight is 350 g/mol. The number of carbonyl (C=O) groups is 1. The van der Waals surface area contributed by atoms with Crippen LogP contribution in [0.25, 0.3) is 0 Å². The molecule has 0 saturated carbocycles. The third-order valence-electron chi connectivity index (χ3n) is 2.92. The minimum Gasteiger partial charge on any atom is -0.445 e. The SMILES string of the molecule is O=C(NC[C@@H](O)c1ccccc1Br)OCc1ccccc1. The maximum atomic E-state index is 11.6. The standard InChI is InChI=1S/C16H16BrNO3/c17-14-9-5-4-8-13(14)15(19)10-18-16(20)21-11-12-6-2-1-3-7-12/h1-9,15,19H,10-11H2,(H,18,20)/t15-/m1/s1. The summed E-state index contributed by atoms with van der Waals surface area (Å²) in [5.41, 5.74) is 1.64. The number of alkyl carbamates (subject to hydrolysis) is 1. The van der Waals surface area contributed by atoms with E-state index in [2.05, 4.69) is 21.2 Å². The topological polar surface area (TPSA) is 58.6 Å². The van der Waals surface area contributed by atoms with Crippen molar-refractivity contribution in [3.05, 3.63) is 70.2 Å². The first-order valence-electron chi connectivity index (χ1n) is 6.54. The maximum absolute atomic E-state index is 11.6. The first-order valence-corrected chi connectivity index (χ1v) is 7.33. The van der Waals surface area contributed by atoms with Gasteiger partial charge in [-0.3, -0.25) is 0 Å². The summed E-state index contributed by atoms with van der Waals surface area (Å²) in [5.74, 6) is 0. The molecule has 0 radical (unpaired) electrons. The van der Waals surface area contributed by atoms with Gasteiger partial charge in [0.15, 0.2) is 0 Å². The number of aliphatic hydroxyl groups excluding tert-OH is 1. The van der Waals surface area contributed by atoms with Gasteiger partial charge in [0.2, 0.25) is 0 Å². The van der Waals surface area contributed by atoms with Gasteiger partial charge >= 0.3 is 6.09 Å². The summed E-state index contributed by atoms with van der Waals surface area (Å²) in [6, 6.07) is 16.8. The van der Waals surface area contributed by atoms with Gasteiger partial charge in [-0.2, -0.15) is 0 Å². The normalized spacial score (nSPS) is 11.7. The van der Waals surface area contributed by atoms with Crippen LogP contribution < -0.4 is 5.32 Å². The van der Waals surface area contributed by atoms with Crippen LogP contribution in [0.4, 0.5) is 4.79 Å². The van der Waals surface area contributed by atoms with E-state index in [1.54, 1.807) is 6.07 Å². The summed E-state index contributed by atoms with van der Waals surface area (Å²) in [7, 11) is 0. The fraction of sp³-hybridized carbons (Fsp3) is 0.188. The number of nitrogens with one attached hydrogen (secondary N) is 1. The second-order valence-corrected chi connectivity index (χ2v) is 5.33. The summed E-state index contributed by atoms with van der Waals surface area (Å²) in [6.07, 6.45) is -1.34. The summed E-state index contributed by atoms with van der Waals surface area (Å²) in [5, 5.41) is 12.6. The van der Waals surface area contributed by atoms with Crippen molar-refractivity contribution < 1.29 is 14.6 Å². The highest BCUT2D eigenvalue weighted by atomic mass is 79.9. The molecule has 0 spiro atoms. The minimum atomic E-state index is -0.787. The second-order valence-electron chi connectivity index (χ2n) is 4.48. The number of carbonyl (C=O) groups excluding carboxylic acids is 1. The van der Waals surface area contributed by atoms with Crippen molar-refractivity contribution in [3.8, 4) is 0 Å². The van der Waals surface area contributed by atoms with E-state index in [1.807, 2.05) is 48.5 Å². The molecule has 2 N–H and O–H groups in total. The first kappa shape index (κ1) is 15.5. The smallest absolute Gasteiger partial charge is 0.407 e. The molecule has 1 atom stereocenters. The number of hydrogen-bond donors (Lipinski definition) is 2. The van der Waals surface area contributed by atoms with E-state index in [1.165, 1.54) is 0 Å². The molecule has 0 aliphatic rings. The highest BCUT2D eigenvalue weighted by Crippen LogP contribution is 2.22. The summed E-state index contributed by atoms with van der Waals surface area (Å²) in [4.78, 5) is 11.6. The van der Waals surface area contributed by atoms with Gasteiger partial charge in [0, 0.05) is 4.47 Å². The Morgan fingerprint density at radius 3 is 2.52 bits per heavy atom. The monoisotopic (exact) mass is 349 g/mol. The zero-order valence-corrected chi connectivity index (χ0v) is 12.9. The highest BCUT2D eigenvalue weighted by Gasteiger charge is 2.12. The van der Waals surface area contributed by atoms with Crippen LogP contribution in [0.1, 0.15) is 17.2 Å². The van der Waals surface area contributed by atoms with Crippen molar-refractivity contribution in [3.63, 3.8) is 0 Å². The predicted molar refractivity (Wildman–Crippen MR) is 83.7 cm³/mol. The Morgan fingerprint density at radius 2 is 1.81 bits per heavy atom. The third kappa shape index (κ3) is 4.88. The minimum absolute atomic E-state index is 0.0935. The molecule has 0 unspecified atom stereocenters. The van der Waals surface area contributed by atoms with E-state index in [4.69, 9.17) is 4.74 Å². The summed E-state index contributed by atoms with van der Waals surface area (Å²) >= 11 is 3.36. The lowest BCUT2D eigenvalue weighted by Gasteiger charge is -2.13. The number of rotatable bonds is 5. The number of aliphatic hydroxyl groups is 1. The lowest BCUT2D eigenvalue weighted by molar-refractivity contribution is 0.126. The van der Waals surface area contributed by atoms with Gasteiger partial charge in [0.1, 0.15) is 6.61 Å². The van der Waals surface area contributed by atoms with E-state index in [0.717, 1.165) is 15.6 Å². The Hall–Kier alpha value is -1.85. The van der Waals surface area contributed by atoms with Crippen molar-refractivity contribution in [1.29, 1.82) is 0 Å². The predicted octanol–water partition coefficient (Wildman–Crippen LogP) is 3.41. The number of amides is 1. The second kappa shape index (κ2) is 7.81. The molecule has 0 fully saturated rings. The van der Waals surface area contributed by atoms with Crippen molar-refractivity contribution >= 4 is 22.0 Å². The molecule has 2 rings (SSSR count). The van der Waals surface area contributed by atoms with Crippen LogP contribution in [0.2, 0.25) is 0 Å². The van der Waals surface area contributed by atoms with E-state index in [0.29, 0.717) is 0 Å². The molecule has 0 aliphatic carbocycles. The van der Waals surface area contributed by atoms with Gasteiger partial charge in [0.25, 0.3) is 0 Å². The van der Waals surface area contributed by atoms with Crippen molar-refractivity contribution in [2.45, 2.75) is 12.7 Å². The Balaban J connectivity index is 1.77. The maximum Gasteiger partial charge on any atom is 0.407 e. The van der Waals surface area contributed by atoms with Crippen LogP contribution in [0, 0.1) is 0 Å². The molecule has 21 heavy (non-hydrogen) atoms. The van der Waals surface area contributed by atoms with Gasteiger partial charge in [-0.15, -0.1) is 0 Å². The Kier molecular flexibility index (Phi) is 5.78. The van der Waals surface area contributed by atoms with Crippen LogP contribution >= 0.6 is 15.9 Å². The Morgan fingerprint density at radius 1 is 1.14 bits per heavy atom. The molecule has 2 aromatic carbocycles.